The number of carbonyl (C=O) groups is 1. The van der Waals surface area contributed by atoms with Gasteiger partial charge in [0.1, 0.15) is 0 Å². The van der Waals surface area contributed by atoms with Crippen LogP contribution in [0.1, 0.15) is 0 Å². The molecule has 134 valence electrons. The van der Waals surface area contributed by atoms with E-state index in [2.05, 4.69) is 15.5 Å². The number of hydrogen-bond donors (Lipinski definition) is 2. The van der Waals surface area contributed by atoms with Crippen molar-refractivity contribution >= 4 is 58.2 Å². The largest absolute Gasteiger partial charge is 0.335 e. The second-order valence-electron chi connectivity index (χ2n) is 5.12. The van der Waals surface area contributed by atoms with Gasteiger partial charge in [-0.25, -0.2) is 4.68 Å². The second-order valence-corrected chi connectivity index (χ2v) is 7.31. The monoisotopic (exact) mass is 427 g/mol. The Bertz CT molecular complexity index is 963. The number of hydrogen-bond acceptors (Lipinski definition) is 5. The van der Waals surface area contributed by atoms with Crippen LogP contribution < -0.4 is 11.2 Å². The van der Waals surface area contributed by atoms with E-state index < -0.39 is 0 Å². The summed E-state index contributed by atoms with van der Waals surface area (Å²) in [6, 6.07) is 12.0. The van der Waals surface area contributed by atoms with Gasteiger partial charge in [-0.3, -0.25) is 4.79 Å². The third kappa shape index (κ3) is 4.24. The minimum atomic E-state index is -0.262. The van der Waals surface area contributed by atoms with Gasteiger partial charge in [0.2, 0.25) is 11.1 Å². The summed E-state index contributed by atoms with van der Waals surface area (Å²) in [5.41, 5.74) is 1.14. The van der Waals surface area contributed by atoms with Crippen molar-refractivity contribution in [2.45, 2.75) is 5.16 Å². The smallest absolute Gasteiger partial charge is 0.234 e. The number of nitrogens with two attached hydrogens (primary N) is 1. The highest BCUT2D eigenvalue weighted by Crippen LogP contribution is 2.28. The van der Waals surface area contributed by atoms with Crippen LogP contribution in [-0.4, -0.2) is 26.5 Å². The highest BCUT2D eigenvalue weighted by atomic mass is 35.5. The summed E-state index contributed by atoms with van der Waals surface area (Å²) in [6.45, 7) is 0. The van der Waals surface area contributed by atoms with Gasteiger partial charge in [0.05, 0.1) is 21.5 Å². The van der Waals surface area contributed by atoms with Gasteiger partial charge in [0, 0.05) is 10.6 Å². The lowest BCUT2D eigenvalue weighted by Crippen LogP contribution is -2.16. The molecule has 2 aromatic carbocycles. The highest BCUT2D eigenvalue weighted by molar-refractivity contribution is 7.99. The Labute approximate surface area is 168 Å². The number of nitrogens with zero attached hydrogens (tertiary/aromatic N) is 3. The van der Waals surface area contributed by atoms with Crippen molar-refractivity contribution in [3.63, 3.8) is 0 Å². The number of carbonyl (C=O) groups excluding carboxylic acids is 1. The first-order valence-electron chi connectivity index (χ1n) is 7.29. The van der Waals surface area contributed by atoms with Gasteiger partial charge in [-0.15, -0.1) is 10.2 Å². The quantitative estimate of drug-likeness (QED) is 0.466. The molecule has 26 heavy (non-hydrogen) atoms. The number of amides is 1. The van der Waals surface area contributed by atoms with Crippen LogP contribution in [0.5, 0.6) is 0 Å². The first-order valence-corrected chi connectivity index (χ1v) is 9.40. The molecule has 3 rings (SSSR count). The van der Waals surface area contributed by atoms with E-state index >= 15 is 0 Å². The van der Waals surface area contributed by atoms with Crippen LogP contribution in [0.25, 0.3) is 11.4 Å². The fourth-order valence-corrected chi connectivity index (χ4v) is 3.44. The summed E-state index contributed by atoms with van der Waals surface area (Å²) < 4.78 is 1.30. The lowest BCUT2D eigenvalue weighted by atomic mass is 10.2. The molecule has 0 bridgehead atoms. The van der Waals surface area contributed by atoms with Gasteiger partial charge in [0.25, 0.3) is 0 Å². The number of thioether (sulfide) groups is 1. The molecule has 0 aliphatic heterocycles. The molecule has 10 heteroatoms. The second kappa shape index (κ2) is 8.18. The zero-order chi connectivity index (χ0) is 18.7. The number of rotatable bonds is 5. The van der Waals surface area contributed by atoms with Crippen molar-refractivity contribution in [3.05, 3.63) is 57.5 Å². The molecule has 1 amide bonds. The van der Waals surface area contributed by atoms with E-state index in [1.807, 2.05) is 12.1 Å². The first-order chi connectivity index (χ1) is 12.5. The Balaban J connectivity index is 1.67. The molecular weight excluding hydrogens is 417 g/mol. The van der Waals surface area contributed by atoms with Gasteiger partial charge < -0.3 is 11.2 Å². The van der Waals surface area contributed by atoms with Crippen LogP contribution >= 0.6 is 46.6 Å². The first kappa shape index (κ1) is 18.8. The van der Waals surface area contributed by atoms with Crippen LogP contribution in [-0.2, 0) is 4.79 Å². The van der Waals surface area contributed by atoms with Crippen molar-refractivity contribution in [1.29, 1.82) is 0 Å². The molecule has 0 spiro atoms. The average molecular weight is 429 g/mol. The third-order valence-corrected chi connectivity index (χ3v) is 5.14. The van der Waals surface area contributed by atoms with E-state index in [0.29, 0.717) is 37.3 Å². The van der Waals surface area contributed by atoms with E-state index in [-0.39, 0.29) is 11.7 Å². The van der Waals surface area contributed by atoms with Gasteiger partial charge in [-0.2, -0.15) is 0 Å². The lowest BCUT2D eigenvalue weighted by molar-refractivity contribution is -0.113. The van der Waals surface area contributed by atoms with E-state index in [1.165, 1.54) is 4.68 Å². The van der Waals surface area contributed by atoms with E-state index in [4.69, 9.17) is 40.6 Å². The summed E-state index contributed by atoms with van der Waals surface area (Å²) in [4.78, 5) is 12.1. The number of nitrogens with one attached hydrogen (secondary N) is 1. The summed E-state index contributed by atoms with van der Waals surface area (Å²) in [5.74, 6) is 6.26. The molecule has 0 saturated carbocycles. The summed E-state index contributed by atoms with van der Waals surface area (Å²) >= 11 is 19.2. The molecule has 6 nitrogen and oxygen atoms in total. The molecule has 3 aromatic rings. The number of benzene rings is 2. The van der Waals surface area contributed by atoms with E-state index in [1.54, 1.807) is 30.3 Å². The molecule has 0 fully saturated rings. The molecule has 0 unspecified atom stereocenters. The minimum absolute atomic E-state index is 0.0802. The molecule has 0 aliphatic carbocycles. The van der Waals surface area contributed by atoms with Crippen LogP contribution in [0.15, 0.2) is 47.6 Å². The average Bonchev–Trinajstić information content (AvgIpc) is 2.97. The van der Waals surface area contributed by atoms with Crippen molar-refractivity contribution in [2.24, 2.45) is 0 Å². The fourth-order valence-electron chi connectivity index (χ4n) is 2.11. The van der Waals surface area contributed by atoms with Gasteiger partial charge in [0.15, 0.2) is 5.82 Å². The Morgan fingerprint density at radius 2 is 1.88 bits per heavy atom. The number of anilines is 1. The molecule has 0 atom stereocenters. The Morgan fingerprint density at radius 1 is 1.12 bits per heavy atom. The fraction of sp³-hybridized carbons (Fsp3) is 0.0625. The van der Waals surface area contributed by atoms with E-state index in [9.17, 15) is 4.79 Å². The van der Waals surface area contributed by atoms with Gasteiger partial charge >= 0.3 is 0 Å². The van der Waals surface area contributed by atoms with Crippen LogP contribution in [0.3, 0.4) is 0 Å². The lowest BCUT2D eigenvalue weighted by Gasteiger charge is -2.07. The SMILES string of the molecule is Nn1c(SCC(=O)Nc2ccc(Cl)cc2Cl)nnc1-c1ccccc1Cl. The molecule has 1 heterocycles. The van der Waals surface area contributed by atoms with Gasteiger partial charge in [-0.1, -0.05) is 58.7 Å². The minimum Gasteiger partial charge on any atom is -0.335 e. The van der Waals surface area contributed by atoms with E-state index in [0.717, 1.165) is 11.8 Å². The van der Waals surface area contributed by atoms with Crippen molar-refractivity contribution in [1.82, 2.24) is 14.9 Å². The van der Waals surface area contributed by atoms with Crippen molar-refractivity contribution in [3.8, 4) is 11.4 Å². The van der Waals surface area contributed by atoms with Crippen LogP contribution in [0, 0.1) is 0 Å². The normalized spacial score (nSPS) is 10.7. The van der Waals surface area contributed by atoms with Gasteiger partial charge in [-0.05, 0) is 30.3 Å². The topological polar surface area (TPSA) is 85.8 Å². The molecule has 0 radical (unpaired) electrons. The summed E-state index contributed by atoms with van der Waals surface area (Å²) in [6.07, 6.45) is 0. The Kier molecular flexibility index (Phi) is 5.93. The standard InChI is InChI=1S/C16H12Cl3N5OS/c17-9-5-6-13(12(19)7-9)21-14(25)8-26-16-23-22-15(24(16)20)10-3-1-2-4-11(10)18/h1-7H,8,20H2,(H,21,25). The Hall–Kier alpha value is -1.93. The maximum absolute atomic E-state index is 12.1. The van der Waals surface area contributed by atoms with Crippen molar-refractivity contribution < 1.29 is 4.79 Å². The third-order valence-electron chi connectivity index (χ3n) is 3.32. The molecule has 0 saturated heterocycles. The molecule has 1 aromatic heterocycles. The van der Waals surface area contributed by atoms with Crippen molar-refractivity contribution in [2.75, 3.05) is 16.9 Å². The number of nitrogen functional groups attached to an aromatic ring is 1. The number of halogens is 3. The van der Waals surface area contributed by atoms with Crippen LogP contribution in [0.4, 0.5) is 5.69 Å². The zero-order valence-electron chi connectivity index (χ0n) is 13.1. The predicted molar refractivity (Wildman–Crippen MR) is 106 cm³/mol. The summed E-state index contributed by atoms with van der Waals surface area (Å²) in [7, 11) is 0. The molecular formula is C16H12Cl3N5OS. The summed E-state index contributed by atoms with van der Waals surface area (Å²) in [5, 5.41) is 12.5. The highest BCUT2D eigenvalue weighted by Gasteiger charge is 2.16. The van der Waals surface area contributed by atoms with Crippen LogP contribution in [0.2, 0.25) is 15.1 Å². The predicted octanol–water partition coefficient (Wildman–Crippen LogP) is 4.35. The molecule has 3 N–H and O–H groups in total. The zero-order valence-corrected chi connectivity index (χ0v) is 16.2. The number of aromatic nitrogens is 3. The molecule has 0 aliphatic rings. The maximum Gasteiger partial charge on any atom is 0.234 e. The maximum atomic E-state index is 12.1. The Morgan fingerprint density at radius 3 is 2.62 bits per heavy atom.